The number of rotatable bonds is 3. The van der Waals surface area contributed by atoms with E-state index in [-0.39, 0.29) is 0 Å². The van der Waals surface area contributed by atoms with Crippen molar-refractivity contribution >= 4 is 5.69 Å². The fourth-order valence-electron chi connectivity index (χ4n) is 3.47. The van der Waals surface area contributed by atoms with Gasteiger partial charge in [0.25, 0.3) is 0 Å². The van der Waals surface area contributed by atoms with Gasteiger partial charge in [0, 0.05) is 35.9 Å². The average molecular weight is 304 g/mol. The van der Waals surface area contributed by atoms with Crippen LogP contribution in [0.2, 0.25) is 0 Å². The highest BCUT2D eigenvalue weighted by Gasteiger charge is 2.21. The first-order valence-corrected chi connectivity index (χ1v) is 8.00. The number of H-pyrrole nitrogens is 1. The second-order valence-corrected chi connectivity index (χ2v) is 6.16. The number of aryl methyl sites for hydroxylation is 2. The molecule has 1 aliphatic heterocycles. The first kappa shape index (κ1) is 14.0. The van der Waals surface area contributed by atoms with E-state index in [0.717, 1.165) is 30.9 Å². The fourth-order valence-corrected chi connectivity index (χ4v) is 3.47. The molecule has 4 heteroatoms. The molecule has 1 N–H and O–H groups in total. The zero-order valence-electron chi connectivity index (χ0n) is 13.5. The van der Waals surface area contributed by atoms with Gasteiger partial charge in [-0.05, 0) is 49.1 Å². The Hall–Kier alpha value is -2.62. The molecule has 0 spiro atoms. The van der Waals surface area contributed by atoms with Gasteiger partial charge >= 0.3 is 0 Å². The minimum atomic E-state index is 0.852. The predicted octanol–water partition coefficient (Wildman–Crippen LogP) is 3.65. The highest BCUT2D eigenvalue weighted by atomic mass is 15.2. The Kier molecular flexibility index (Phi) is 3.37. The summed E-state index contributed by atoms with van der Waals surface area (Å²) >= 11 is 0. The summed E-state index contributed by atoms with van der Waals surface area (Å²) in [5.41, 5.74) is 8.69. The molecule has 3 heterocycles. The maximum absolute atomic E-state index is 4.46. The molecular weight excluding hydrogens is 284 g/mol. The van der Waals surface area contributed by atoms with Crippen LogP contribution in [0.15, 0.2) is 43.0 Å². The highest BCUT2D eigenvalue weighted by molar-refractivity contribution is 5.75. The molecular formula is C19H20N4. The third kappa shape index (κ3) is 2.50. The third-order valence-electron chi connectivity index (χ3n) is 4.62. The molecule has 116 valence electrons. The first-order valence-electron chi connectivity index (χ1n) is 8.00. The highest BCUT2D eigenvalue weighted by Crippen LogP contribution is 2.35. The van der Waals surface area contributed by atoms with Crippen LogP contribution in [0, 0.1) is 13.8 Å². The smallest absolute Gasteiger partial charge is 0.0923 e. The number of aromatic amines is 1. The SMILES string of the molecule is Cc1ccnc(C)c1-c1ccc2c(c1)N(Cc1c[nH]cn1)CC2. The fraction of sp³-hybridized carbons (Fsp3) is 0.263. The summed E-state index contributed by atoms with van der Waals surface area (Å²) in [6.45, 7) is 6.14. The van der Waals surface area contributed by atoms with Crippen molar-refractivity contribution in [2.24, 2.45) is 0 Å². The summed E-state index contributed by atoms with van der Waals surface area (Å²) < 4.78 is 0. The van der Waals surface area contributed by atoms with E-state index in [9.17, 15) is 0 Å². The Morgan fingerprint density at radius 2 is 2.09 bits per heavy atom. The standard InChI is InChI=1S/C19H20N4/c1-13-5-7-21-14(2)19(13)16-4-3-15-6-8-23(18(15)9-16)11-17-10-20-12-22-17/h3-5,7,9-10,12H,6,8,11H2,1-2H3,(H,20,22). The number of imidazole rings is 1. The lowest BCUT2D eigenvalue weighted by Gasteiger charge is -2.19. The van der Waals surface area contributed by atoms with Crippen LogP contribution in [-0.2, 0) is 13.0 Å². The molecule has 1 aliphatic rings. The molecule has 2 aromatic heterocycles. The number of fused-ring (bicyclic) bond motifs is 1. The van der Waals surface area contributed by atoms with E-state index >= 15 is 0 Å². The van der Waals surface area contributed by atoms with Crippen molar-refractivity contribution in [1.29, 1.82) is 0 Å². The van der Waals surface area contributed by atoms with Gasteiger partial charge in [-0.2, -0.15) is 0 Å². The molecule has 0 saturated carbocycles. The normalized spacial score (nSPS) is 13.4. The maximum Gasteiger partial charge on any atom is 0.0923 e. The van der Waals surface area contributed by atoms with Crippen molar-refractivity contribution in [3.05, 3.63) is 65.5 Å². The lowest BCUT2D eigenvalue weighted by molar-refractivity contribution is 0.819. The molecule has 0 atom stereocenters. The predicted molar refractivity (Wildman–Crippen MR) is 92.5 cm³/mol. The zero-order chi connectivity index (χ0) is 15.8. The van der Waals surface area contributed by atoms with Crippen LogP contribution in [0.5, 0.6) is 0 Å². The minimum absolute atomic E-state index is 0.852. The van der Waals surface area contributed by atoms with Gasteiger partial charge in [0.2, 0.25) is 0 Å². The van der Waals surface area contributed by atoms with Crippen molar-refractivity contribution in [3.63, 3.8) is 0 Å². The Morgan fingerprint density at radius 1 is 1.17 bits per heavy atom. The summed E-state index contributed by atoms with van der Waals surface area (Å²) in [5.74, 6) is 0. The van der Waals surface area contributed by atoms with Gasteiger partial charge < -0.3 is 9.88 Å². The Bertz CT molecular complexity index is 816. The molecule has 0 amide bonds. The Morgan fingerprint density at radius 3 is 2.87 bits per heavy atom. The molecule has 0 bridgehead atoms. The maximum atomic E-state index is 4.46. The Balaban J connectivity index is 1.73. The van der Waals surface area contributed by atoms with Gasteiger partial charge in [-0.3, -0.25) is 4.98 Å². The topological polar surface area (TPSA) is 44.8 Å². The zero-order valence-corrected chi connectivity index (χ0v) is 13.5. The van der Waals surface area contributed by atoms with Crippen LogP contribution in [0.4, 0.5) is 5.69 Å². The monoisotopic (exact) mass is 304 g/mol. The number of hydrogen-bond acceptors (Lipinski definition) is 3. The number of hydrogen-bond donors (Lipinski definition) is 1. The molecule has 4 rings (SSSR count). The van der Waals surface area contributed by atoms with Gasteiger partial charge in [-0.25, -0.2) is 4.98 Å². The van der Waals surface area contributed by atoms with Gasteiger partial charge in [-0.1, -0.05) is 12.1 Å². The number of nitrogens with one attached hydrogen (secondary N) is 1. The van der Waals surface area contributed by atoms with Gasteiger partial charge in [-0.15, -0.1) is 0 Å². The van der Waals surface area contributed by atoms with Crippen molar-refractivity contribution in [3.8, 4) is 11.1 Å². The molecule has 0 saturated heterocycles. The molecule has 3 aromatic rings. The average Bonchev–Trinajstić information content (AvgIpc) is 3.18. The van der Waals surface area contributed by atoms with E-state index in [0.29, 0.717) is 0 Å². The second kappa shape index (κ2) is 5.54. The quantitative estimate of drug-likeness (QED) is 0.803. The van der Waals surface area contributed by atoms with Gasteiger partial charge in [0.1, 0.15) is 0 Å². The first-order chi connectivity index (χ1) is 11.2. The largest absolute Gasteiger partial charge is 0.365 e. The van der Waals surface area contributed by atoms with Gasteiger partial charge in [0.05, 0.1) is 18.6 Å². The number of pyridine rings is 1. The van der Waals surface area contributed by atoms with E-state index in [2.05, 4.69) is 58.0 Å². The second-order valence-electron chi connectivity index (χ2n) is 6.16. The Labute approximate surface area is 136 Å². The van der Waals surface area contributed by atoms with Crippen LogP contribution < -0.4 is 4.90 Å². The number of anilines is 1. The summed E-state index contributed by atoms with van der Waals surface area (Å²) in [6, 6.07) is 8.89. The summed E-state index contributed by atoms with van der Waals surface area (Å²) in [6.07, 6.45) is 6.69. The van der Waals surface area contributed by atoms with Crippen molar-refractivity contribution in [1.82, 2.24) is 15.0 Å². The summed E-state index contributed by atoms with van der Waals surface area (Å²) in [7, 11) is 0. The van der Waals surface area contributed by atoms with Crippen LogP contribution in [0.3, 0.4) is 0 Å². The summed E-state index contributed by atoms with van der Waals surface area (Å²) in [4.78, 5) is 14.3. The van der Waals surface area contributed by atoms with E-state index < -0.39 is 0 Å². The van der Waals surface area contributed by atoms with E-state index in [1.807, 2.05) is 12.4 Å². The van der Waals surface area contributed by atoms with Crippen molar-refractivity contribution < 1.29 is 0 Å². The van der Waals surface area contributed by atoms with Crippen LogP contribution in [0.25, 0.3) is 11.1 Å². The molecule has 1 aromatic carbocycles. The van der Waals surface area contributed by atoms with Crippen molar-refractivity contribution in [2.45, 2.75) is 26.8 Å². The van der Waals surface area contributed by atoms with Gasteiger partial charge in [0.15, 0.2) is 0 Å². The van der Waals surface area contributed by atoms with Crippen molar-refractivity contribution in [2.75, 3.05) is 11.4 Å². The molecule has 0 fully saturated rings. The lowest BCUT2D eigenvalue weighted by atomic mass is 9.97. The number of benzene rings is 1. The molecule has 0 unspecified atom stereocenters. The van der Waals surface area contributed by atoms with Crippen LogP contribution in [-0.4, -0.2) is 21.5 Å². The number of nitrogens with zero attached hydrogens (tertiary/aromatic N) is 3. The van der Waals surface area contributed by atoms with E-state index in [1.165, 1.54) is 27.9 Å². The minimum Gasteiger partial charge on any atom is -0.365 e. The number of aromatic nitrogens is 3. The lowest BCUT2D eigenvalue weighted by Crippen LogP contribution is -2.19. The molecule has 4 nitrogen and oxygen atoms in total. The molecule has 23 heavy (non-hydrogen) atoms. The van der Waals surface area contributed by atoms with Crippen LogP contribution in [0.1, 0.15) is 22.5 Å². The summed E-state index contributed by atoms with van der Waals surface area (Å²) in [5, 5.41) is 0. The molecule has 0 aliphatic carbocycles. The molecule has 0 radical (unpaired) electrons. The van der Waals surface area contributed by atoms with Crippen LogP contribution >= 0.6 is 0 Å². The van der Waals surface area contributed by atoms with E-state index in [4.69, 9.17) is 0 Å². The van der Waals surface area contributed by atoms with E-state index in [1.54, 1.807) is 6.33 Å². The third-order valence-corrected chi connectivity index (χ3v) is 4.62.